The highest BCUT2D eigenvalue weighted by Gasteiger charge is 2.20. The summed E-state index contributed by atoms with van der Waals surface area (Å²) in [6.45, 7) is 9.38. The summed E-state index contributed by atoms with van der Waals surface area (Å²) in [5, 5.41) is 3.25. The zero-order valence-electron chi connectivity index (χ0n) is 9.25. The Balaban J connectivity index is 2.43. The highest BCUT2D eigenvalue weighted by Crippen LogP contribution is 2.01. The third-order valence-corrected chi connectivity index (χ3v) is 2.53. The van der Waals surface area contributed by atoms with Crippen molar-refractivity contribution in [2.24, 2.45) is 0 Å². The summed E-state index contributed by atoms with van der Waals surface area (Å²) in [7, 11) is 0. The minimum Gasteiger partial charge on any atom is -0.325 e. The van der Waals surface area contributed by atoms with E-state index in [9.17, 15) is 4.79 Å². The molecule has 1 N–H and O–H groups in total. The summed E-state index contributed by atoms with van der Waals surface area (Å²) in [6, 6.07) is 0.204. The number of carbonyl (C=O) groups excluding carboxylic acids is 1. The summed E-state index contributed by atoms with van der Waals surface area (Å²) < 4.78 is 0. The van der Waals surface area contributed by atoms with Crippen LogP contribution in [0, 0.1) is 0 Å². The monoisotopic (exact) mass is 199 g/mol. The van der Waals surface area contributed by atoms with Crippen LogP contribution >= 0.6 is 0 Å². The third-order valence-electron chi connectivity index (χ3n) is 2.53. The molecule has 2 amide bonds. The van der Waals surface area contributed by atoms with Gasteiger partial charge in [-0.15, -0.1) is 0 Å². The van der Waals surface area contributed by atoms with Crippen molar-refractivity contribution in [3.63, 3.8) is 0 Å². The number of rotatable bonds is 3. The molecule has 0 spiro atoms. The lowest BCUT2D eigenvalue weighted by Gasteiger charge is -2.32. The van der Waals surface area contributed by atoms with Gasteiger partial charge in [-0.3, -0.25) is 0 Å². The van der Waals surface area contributed by atoms with Crippen LogP contribution in [0.1, 0.15) is 20.3 Å². The molecule has 4 nitrogen and oxygen atoms in total. The SMILES string of the molecule is CCCN(CC)C(=O)N1CCNCC1. The molecule has 1 rings (SSSR count). The molecule has 0 atom stereocenters. The van der Waals surface area contributed by atoms with Gasteiger partial charge in [-0.25, -0.2) is 4.79 Å². The molecule has 1 aliphatic rings. The Morgan fingerprint density at radius 2 is 2.00 bits per heavy atom. The molecule has 0 aliphatic carbocycles. The first-order valence-electron chi connectivity index (χ1n) is 5.54. The molecular formula is C10H21N3O. The highest BCUT2D eigenvalue weighted by molar-refractivity contribution is 5.74. The van der Waals surface area contributed by atoms with Gasteiger partial charge in [0.1, 0.15) is 0 Å². The van der Waals surface area contributed by atoms with Crippen LogP contribution in [0.15, 0.2) is 0 Å². The number of nitrogens with one attached hydrogen (secondary N) is 1. The van der Waals surface area contributed by atoms with Crippen molar-refractivity contribution in [3.05, 3.63) is 0 Å². The van der Waals surface area contributed by atoms with Crippen LogP contribution in [0.2, 0.25) is 0 Å². The largest absolute Gasteiger partial charge is 0.325 e. The van der Waals surface area contributed by atoms with Crippen molar-refractivity contribution in [1.29, 1.82) is 0 Å². The van der Waals surface area contributed by atoms with Crippen molar-refractivity contribution in [3.8, 4) is 0 Å². The van der Waals surface area contributed by atoms with Gasteiger partial charge in [0.15, 0.2) is 0 Å². The van der Waals surface area contributed by atoms with E-state index in [0.29, 0.717) is 0 Å². The maximum Gasteiger partial charge on any atom is 0.320 e. The van der Waals surface area contributed by atoms with Gasteiger partial charge < -0.3 is 15.1 Å². The van der Waals surface area contributed by atoms with Crippen LogP contribution in [0.25, 0.3) is 0 Å². The van der Waals surface area contributed by atoms with E-state index in [0.717, 1.165) is 45.7 Å². The average Bonchev–Trinajstić information content (AvgIpc) is 2.26. The number of carbonyl (C=O) groups is 1. The Labute approximate surface area is 86.2 Å². The number of amides is 2. The van der Waals surface area contributed by atoms with Gasteiger partial charge in [-0.2, -0.15) is 0 Å². The van der Waals surface area contributed by atoms with Crippen LogP contribution < -0.4 is 5.32 Å². The first-order valence-corrected chi connectivity index (χ1v) is 5.54. The summed E-state index contributed by atoms with van der Waals surface area (Å²) in [4.78, 5) is 15.8. The lowest BCUT2D eigenvalue weighted by molar-refractivity contribution is 0.149. The topological polar surface area (TPSA) is 35.6 Å². The van der Waals surface area contributed by atoms with Gasteiger partial charge in [0.2, 0.25) is 0 Å². The predicted molar refractivity (Wildman–Crippen MR) is 57.4 cm³/mol. The number of urea groups is 1. The second-order valence-corrected chi connectivity index (χ2v) is 3.60. The second-order valence-electron chi connectivity index (χ2n) is 3.60. The van der Waals surface area contributed by atoms with Crippen molar-refractivity contribution >= 4 is 6.03 Å². The van der Waals surface area contributed by atoms with Gasteiger partial charge in [-0.05, 0) is 13.3 Å². The van der Waals surface area contributed by atoms with E-state index in [2.05, 4.69) is 12.2 Å². The zero-order valence-corrected chi connectivity index (χ0v) is 9.25. The molecule has 0 bridgehead atoms. The standard InChI is InChI=1S/C10H21N3O/c1-3-7-12(4-2)10(14)13-8-5-11-6-9-13/h11H,3-9H2,1-2H3. The van der Waals surface area contributed by atoms with Crippen LogP contribution in [0.4, 0.5) is 4.79 Å². The lowest BCUT2D eigenvalue weighted by Crippen LogP contribution is -2.51. The fourth-order valence-electron chi connectivity index (χ4n) is 1.72. The number of hydrogen-bond acceptors (Lipinski definition) is 2. The molecule has 0 aromatic heterocycles. The van der Waals surface area contributed by atoms with E-state index in [1.165, 1.54) is 0 Å². The fourth-order valence-corrected chi connectivity index (χ4v) is 1.72. The molecular weight excluding hydrogens is 178 g/mol. The molecule has 4 heteroatoms. The molecule has 0 aromatic rings. The molecule has 0 saturated carbocycles. The van der Waals surface area contributed by atoms with Gasteiger partial charge in [-0.1, -0.05) is 6.92 Å². The molecule has 82 valence electrons. The van der Waals surface area contributed by atoms with Gasteiger partial charge in [0, 0.05) is 39.3 Å². The lowest BCUT2D eigenvalue weighted by atomic mass is 10.3. The van der Waals surface area contributed by atoms with Crippen molar-refractivity contribution in [1.82, 2.24) is 15.1 Å². The van der Waals surface area contributed by atoms with Crippen LogP contribution in [0.5, 0.6) is 0 Å². The zero-order chi connectivity index (χ0) is 10.4. The Hall–Kier alpha value is -0.770. The quantitative estimate of drug-likeness (QED) is 0.728. The Morgan fingerprint density at radius 3 is 2.50 bits per heavy atom. The van der Waals surface area contributed by atoms with Crippen LogP contribution in [-0.4, -0.2) is 55.1 Å². The van der Waals surface area contributed by atoms with Crippen molar-refractivity contribution < 1.29 is 4.79 Å². The fraction of sp³-hybridized carbons (Fsp3) is 0.900. The molecule has 1 heterocycles. The maximum atomic E-state index is 11.9. The van der Waals surface area contributed by atoms with E-state index in [1.807, 2.05) is 16.7 Å². The third kappa shape index (κ3) is 2.87. The van der Waals surface area contributed by atoms with Gasteiger partial charge >= 0.3 is 6.03 Å². The second kappa shape index (κ2) is 5.86. The Kier molecular flexibility index (Phi) is 4.73. The van der Waals surface area contributed by atoms with Crippen molar-refractivity contribution in [2.45, 2.75) is 20.3 Å². The van der Waals surface area contributed by atoms with E-state index in [1.54, 1.807) is 0 Å². The minimum atomic E-state index is 0.204. The summed E-state index contributed by atoms with van der Waals surface area (Å²) in [5.41, 5.74) is 0. The normalized spacial score (nSPS) is 16.9. The smallest absolute Gasteiger partial charge is 0.320 e. The van der Waals surface area contributed by atoms with Crippen LogP contribution in [-0.2, 0) is 0 Å². The number of nitrogens with zero attached hydrogens (tertiary/aromatic N) is 2. The molecule has 1 aliphatic heterocycles. The van der Waals surface area contributed by atoms with Crippen molar-refractivity contribution in [2.75, 3.05) is 39.3 Å². The molecule has 1 saturated heterocycles. The molecule has 0 aromatic carbocycles. The minimum absolute atomic E-state index is 0.204. The van der Waals surface area contributed by atoms with E-state index in [-0.39, 0.29) is 6.03 Å². The summed E-state index contributed by atoms with van der Waals surface area (Å²) >= 11 is 0. The predicted octanol–water partition coefficient (Wildman–Crippen LogP) is 0.744. The molecule has 14 heavy (non-hydrogen) atoms. The first-order chi connectivity index (χ1) is 6.79. The molecule has 0 unspecified atom stereocenters. The van der Waals surface area contributed by atoms with Gasteiger partial charge in [0.25, 0.3) is 0 Å². The Morgan fingerprint density at radius 1 is 1.36 bits per heavy atom. The van der Waals surface area contributed by atoms with E-state index in [4.69, 9.17) is 0 Å². The number of piperazine rings is 1. The highest BCUT2D eigenvalue weighted by atomic mass is 16.2. The first kappa shape index (κ1) is 11.3. The maximum absolute atomic E-state index is 11.9. The summed E-state index contributed by atoms with van der Waals surface area (Å²) in [6.07, 6.45) is 1.03. The average molecular weight is 199 g/mol. The number of hydrogen-bond donors (Lipinski definition) is 1. The van der Waals surface area contributed by atoms with E-state index >= 15 is 0 Å². The van der Waals surface area contributed by atoms with E-state index < -0.39 is 0 Å². The molecule has 0 radical (unpaired) electrons. The van der Waals surface area contributed by atoms with Crippen LogP contribution in [0.3, 0.4) is 0 Å². The Bertz CT molecular complexity index is 171. The van der Waals surface area contributed by atoms with Gasteiger partial charge in [0.05, 0.1) is 0 Å². The molecule has 1 fully saturated rings. The summed E-state index contributed by atoms with van der Waals surface area (Å²) in [5.74, 6) is 0.